The first-order chi connectivity index (χ1) is 20.1. The molecule has 43 heavy (non-hydrogen) atoms. The Morgan fingerprint density at radius 2 is 1.93 bits per heavy atom. The number of nitrogens with one attached hydrogen (secondary N) is 1. The average molecular weight is 600 g/mol. The molecule has 3 aromatic rings. The van der Waals surface area contributed by atoms with Crippen molar-refractivity contribution in [2.24, 2.45) is 7.05 Å². The van der Waals surface area contributed by atoms with Crippen LogP contribution in [0.1, 0.15) is 57.2 Å². The van der Waals surface area contributed by atoms with Gasteiger partial charge in [-0.05, 0) is 58.2 Å². The second-order valence-corrected chi connectivity index (χ2v) is 11.2. The Morgan fingerprint density at radius 3 is 2.56 bits per heavy atom. The number of fused-ring (bicyclic) bond motifs is 1. The maximum Gasteiger partial charge on any atom is 0.416 e. The Kier molecular flexibility index (Phi) is 8.62. The number of rotatable bonds is 5. The summed E-state index contributed by atoms with van der Waals surface area (Å²) in [6.45, 7) is 7.15. The number of amides is 1. The number of imidazole rings is 1. The molecule has 1 N–H and O–H groups in total. The molecule has 1 fully saturated rings. The predicted octanol–water partition coefficient (Wildman–Crippen LogP) is 3.35. The summed E-state index contributed by atoms with van der Waals surface area (Å²) in [4.78, 5) is 46.1. The molecule has 1 aromatic carbocycles. The summed E-state index contributed by atoms with van der Waals surface area (Å²) in [5.74, 6) is 6.02. The number of nitrogens with zero attached hydrogens (tertiary/aromatic N) is 6. The topological polar surface area (TPSA) is 127 Å². The number of aromatic nitrogens is 4. The molecule has 4 rings (SSSR count). The van der Waals surface area contributed by atoms with Crippen molar-refractivity contribution in [3.63, 3.8) is 0 Å². The van der Waals surface area contributed by atoms with E-state index in [9.17, 15) is 27.6 Å². The molecule has 2 aromatic heterocycles. The van der Waals surface area contributed by atoms with E-state index in [0.717, 1.165) is 15.2 Å². The SMILES string of the molecule is CC#CCn1c(N2CCC[C@@H](NC(=O)OC(C)(C)C)C2)nc2c1c(=O)n(Cc1ccc(C#N)cc1C(F)(F)F)c(=O)n2C. The zero-order valence-electron chi connectivity index (χ0n) is 24.5. The van der Waals surface area contributed by atoms with Gasteiger partial charge in [0.2, 0.25) is 5.95 Å². The van der Waals surface area contributed by atoms with Crippen LogP contribution in [0.5, 0.6) is 0 Å². The summed E-state index contributed by atoms with van der Waals surface area (Å²) in [5.41, 5.74) is -3.94. The van der Waals surface area contributed by atoms with Crippen LogP contribution in [0.3, 0.4) is 0 Å². The molecule has 1 saturated heterocycles. The molecule has 14 heteroatoms. The number of aryl methyl sites for hydroxylation is 1. The van der Waals surface area contributed by atoms with Crippen LogP contribution < -0.4 is 21.5 Å². The Hall–Kier alpha value is -4.72. The lowest BCUT2D eigenvalue weighted by Gasteiger charge is -2.34. The first kappa shape index (κ1) is 31.2. The van der Waals surface area contributed by atoms with Crippen molar-refractivity contribution in [3.8, 4) is 17.9 Å². The Balaban J connectivity index is 1.80. The molecule has 1 amide bonds. The number of hydrogen-bond donors (Lipinski definition) is 1. The normalized spacial score (nSPS) is 15.5. The van der Waals surface area contributed by atoms with Crippen LogP contribution in [-0.4, -0.2) is 49.5 Å². The number of halogens is 3. The molecule has 11 nitrogen and oxygen atoms in total. The minimum Gasteiger partial charge on any atom is -0.444 e. The van der Waals surface area contributed by atoms with Gasteiger partial charge in [-0.3, -0.25) is 18.5 Å². The van der Waals surface area contributed by atoms with E-state index in [2.05, 4.69) is 22.1 Å². The van der Waals surface area contributed by atoms with E-state index in [0.29, 0.717) is 37.9 Å². The predicted molar refractivity (Wildman–Crippen MR) is 153 cm³/mol. The van der Waals surface area contributed by atoms with Gasteiger partial charge in [0.25, 0.3) is 5.56 Å². The first-order valence-electron chi connectivity index (χ1n) is 13.6. The molecule has 1 aliphatic rings. The molecule has 3 heterocycles. The summed E-state index contributed by atoms with van der Waals surface area (Å²) in [7, 11) is 1.39. The number of alkyl carbamates (subject to hydrolysis) is 1. The molecular weight excluding hydrogens is 567 g/mol. The lowest BCUT2D eigenvalue weighted by molar-refractivity contribution is -0.138. The van der Waals surface area contributed by atoms with E-state index in [1.54, 1.807) is 38.3 Å². The zero-order valence-corrected chi connectivity index (χ0v) is 24.5. The number of alkyl halides is 3. The van der Waals surface area contributed by atoms with E-state index in [1.807, 2.05) is 4.90 Å². The van der Waals surface area contributed by atoms with Crippen molar-refractivity contribution in [2.45, 2.75) is 71.4 Å². The zero-order chi connectivity index (χ0) is 31.7. The lowest BCUT2D eigenvalue weighted by atomic mass is 10.0. The third kappa shape index (κ3) is 6.69. The van der Waals surface area contributed by atoms with Gasteiger partial charge in [0.1, 0.15) is 5.60 Å². The van der Waals surface area contributed by atoms with Gasteiger partial charge in [-0.1, -0.05) is 12.0 Å². The van der Waals surface area contributed by atoms with E-state index >= 15 is 0 Å². The number of hydrogen-bond acceptors (Lipinski definition) is 7. The third-order valence-corrected chi connectivity index (χ3v) is 6.92. The van der Waals surface area contributed by atoms with E-state index in [1.165, 1.54) is 13.1 Å². The van der Waals surface area contributed by atoms with Gasteiger partial charge >= 0.3 is 18.0 Å². The van der Waals surface area contributed by atoms with Crippen LogP contribution >= 0.6 is 0 Å². The monoisotopic (exact) mass is 599 g/mol. The van der Waals surface area contributed by atoms with Crippen LogP contribution in [0.4, 0.5) is 23.9 Å². The van der Waals surface area contributed by atoms with Crippen molar-refractivity contribution < 1.29 is 22.7 Å². The largest absolute Gasteiger partial charge is 0.444 e. The number of carbonyl (C=O) groups is 1. The van der Waals surface area contributed by atoms with Gasteiger partial charge < -0.3 is 15.0 Å². The van der Waals surface area contributed by atoms with Crippen molar-refractivity contribution in [1.82, 2.24) is 24.0 Å². The van der Waals surface area contributed by atoms with Crippen molar-refractivity contribution >= 4 is 23.2 Å². The Labute approximate surface area is 245 Å². The lowest BCUT2D eigenvalue weighted by Crippen LogP contribution is -2.49. The van der Waals surface area contributed by atoms with Gasteiger partial charge in [0.15, 0.2) is 11.2 Å². The van der Waals surface area contributed by atoms with Gasteiger partial charge in [0.05, 0.1) is 30.3 Å². The number of benzene rings is 1. The molecule has 0 saturated carbocycles. The average Bonchev–Trinajstić information content (AvgIpc) is 3.31. The fraction of sp³-hybridized carbons (Fsp3) is 0.483. The summed E-state index contributed by atoms with van der Waals surface area (Å²) < 4.78 is 50.3. The molecule has 0 spiro atoms. The maximum atomic E-state index is 13.9. The molecule has 1 aliphatic heterocycles. The van der Waals surface area contributed by atoms with Gasteiger partial charge in [-0.25, -0.2) is 9.59 Å². The molecule has 1 atom stereocenters. The quantitative estimate of drug-likeness (QED) is 0.446. The Morgan fingerprint density at radius 1 is 1.21 bits per heavy atom. The molecule has 228 valence electrons. The number of carbonyl (C=O) groups excluding carboxylic acids is 1. The van der Waals surface area contributed by atoms with Crippen LogP contribution in [0.15, 0.2) is 27.8 Å². The highest BCUT2D eigenvalue weighted by Crippen LogP contribution is 2.33. The van der Waals surface area contributed by atoms with Crippen LogP contribution in [0.2, 0.25) is 0 Å². The van der Waals surface area contributed by atoms with E-state index in [4.69, 9.17) is 10.00 Å². The number of ether oxygens (including phenoxy) is 1. The van der Waals surface area contributed by atoms with Gasteiger partial charge in [0, 0.05) is 26.2 Å². The van der Waals surface area contributed by atoms with Crippen molar-refractivity contribution in [2.75, 3.05) is 18.0 Å². The smallest absolute Gasteiger partial charge is 0.416 e. The van der Waals surface area contributed by atoms with E-state index < -0.39 is 41.2 Å². The molecular formula is C29H32F3N7O4. The highest BCUT2D eigenvalue weighted by molar-refractivity contribution is 5.75. The standard InChI is InChI=1S/C29H32F3N7O4/c1-6-7-13-38-22-23(35-25(38)37-12-8-9-20(17-37)34-26(41)43-28(2,3)4)36(5)27(42)39(24(22)40)16-19-11-10-18(15-33)14-21(19)29(30,31)32/h10-11,14,20H,8-9,12-13,16-17H2,1-5H3,(H,34,41)/t20-/m1/s1. The summed E-state index contributed by atoms with van der Waals surface area (Å²) >= 11 is 0. The van der Waals surface area contributed by atoms with Crippen LogP contribution in [0, 0.1) is 23.2 Å². The minimum absolute atomic E-state index is 0.00396. The van der Waals surface area contributed by atoms with E-state index in [-0.39, 0.29) is 34.9 Å². The second kappa shape index (κ2) is 11.9. The highest BCUT2D eigenvalue weighted by atomic mass is 19.4. The second-order valence-electron chi connectivity index (χ2n) is 11.2. The van der Waals surface area contributed by atoms with Crippen LogP contribution in [-0.2, 0) is 31.1 Å². The highest BCUT2D eigenvalue weighted by Gasteiger charge is 2.34. The molecule has 0 unspecified atom stereocenters. The number of nitriles is 1. The summed E-state index contributed by atoms with van der Waals surface area (Å²) in [6.07, 6.45) is -4.01. The van der Waals surface area contributed by atoms with Gasteiger partial charge in [-0.15, -0.1) is 5.92 Å². The number of anilines is 1. The third-order valence-electron chi connectivity index (χ3n) is 6.92. The van der Waals surface area contributed by atoms with Crippen molar-refractivity contribution in [3.05, 3.63) is 55.7 Å². The fourth-order valence-electron chi connectivity index (χ4n) is 5.02. The molecule has 0 bridgehead atoms. The fourth-order valence-corrected chi connectivity index (χ4v) is 5.02. The number of piperidine rings is 1. The van der Waals surface area contributed by atoms with Crippen molar-refractivity contribution in [1.29, 1.82) is 5.26 Å². The Bertz CT molecular complexity index is 1780. The van der Waals surface area contributed by atoms with Gasteiger partial charge in [-0.2, -0.15) is 23.4 Å². The maximum absolute atomic E-state index is 13.9. The summed E-state index contributed by atoms with van der Waals surface area (Å²) in [6, 6.07) is 4.38. The van der Waals surface area contributed by atoms with Crippen LogP contribution in [0.25, 0.3) is 11.2 Å². The molecule has 0 aliphatic carbocycles. The molecule has 0 radical (unpaired) electrons. The minimum atomic E-state index is -4.81. The summed E-state index contributed by atoms with van der Waals surface area (Å²) in [5, 5.41) is 12.0. The first-order valence-corrected chi connectivity index (χ1v) is 13.6.